The van der Waals surface area contributed by atoms with Gasteiger partial charge in [-0.1, -0.05) is 31.7 Å². The van der Waals surface area contributed by atoms with Crippen molar-refractivity contribution in [2.75, 3.05) is 37.7 Å². The van der Waals surface area contributed by atoms with Crippen LogP contribution in [0.5, 0.6) is 0 Å². The van der Waals surface area contributed by atoms with E-state index in [0.29, 0.717) is 12.1 Å². The fraction of sp³-hybridized carbons (Fsp3) is 0.739. The standard InChI is InChI=1S/C23H39N5O.HI/c1-3-24-23(25-14-17-29-21-8-6-4-5-7-9-21)27-20-12-15-28(16-13-20)22-11-10-19(2)18-26-22;/h10-11,18,20-21H,3-9,12-17H2,1-2H3,(H2,24,25,27);1H. The van der Waals surface area contributed by atoms with Gasteiger partial charge in [-0.05, 0) is 51.2 Å². The SMILES string of the molecule is CCNC(=NCCOC1CCCCCC1)NC1CCN(c2ccc(C)cn2)CC1.I. The summed E-state index contributed by atoms with van der Waals surface area (Å²) < 4.78 is 6.08. The number of nitrogens with zero attached hydrogens (tertiary/aromatic N) is 3. The number of aromatic nitrogens is 1. The predicted molar refractivity (Wildman–Crippen MR) is 136 cm³/mol. The first-order chi connectivity index (χ1) is 14.2. The lowest BCUT2D eigenvalue weighted by Crippen LogP contribution is -2.49. The molecular formula is C23H40IN5O. The molecule has 1 saturated carbocycles. The lowest BCUT2D eigenvalue weighted by Gasteiger charge is -2.33. The zero-order valence-corrected chi connectivity index (χ0v) is 21.1. The number of anilines is 1. The Morgan fingerprint density at radius 2 is 1.87 bits per heavy atom. The fourth-order valence-electron chi connectivity index (χ4n) is 4.20. The van der Waals surface area contributed by atoms with Gasteiger partial charge in [-0.15, -0.1) is 24.0 Å². The minimum absolute atomic E-state index is 0. The zero-order valence-electron chi connectivity index (χ0n) is 18.7. The van der Waals surface area contributed by atoms with E-state index < -0.39 is 0 Å². The van der Waals surface area contributed by atoms with E-state index in [1.807, 2.05) is 6.20 Å². The molecule has 6 nitrogen and oxygen atoms in total. The van der Waals surface area contributed by atoms with Crippen LogP contribution in [-0.2, 0) is 4.74 Å². The molecule has 0 spiro atoms. The summed E-state index contributed by atoms with van der Waals surface area (Å²) in [6.07, 6.45) is 12.4. The number of hydrogen-bond acceptors (Lipinski definition) is 4. The molecule has 0 atom stereocenters. The van der Waals surface area contributed by atoms with Gasteiger partial charge in [0.25, 0.3) is 0 Å². The number of ether oxygens (including phenoxy) is 1. The van der Waals surface area contributed by atoms with Gasteiger partial charge in [0.05, 0.1) is 19.3 Å². The highest BCUT2D eigenvalue weighted by Gasteiger charge is 2.21. The van der Waals surface area contributed by atoms with Gasteiger partial charge in [-0.3, -0.25) is 4.99 Å². The Bertz CT molecular complexity index is 609. The van der Waals surface area contributed by atoms with Crippen LogP contribution in [0.1, 0.15) is 63.9 Å². The molecule has 170 valence electrons. The third-order valence-corrected chi connectivity index (χ3v) is 5.92. The molecule has 0 unspecified atom stereocenters. The minimum Gasteiger partial charge on any atom is -0.376 e. The Kier molecular flexibility index (Phi) is 11.8. The van der Waals surface area contributed by atoms with Crippen molar-refractivity contribution in [2.24, 2.45) is 4.99 Å². The second-order valence-electron chi connectivity index (χ2n) is 8.34. The molecule has 1 aromatic heterocycles. The van der Waals surface area contributed by atoms with Gasteiger partial charge in [0, 0.05) is 31.9 Å². The number of aliphatic imine (C=N–C) groups is 1. The quantitative estimate of drug-likeness (QED) is 0.182. The maximum absolute atomic E-state index is 6.08. The number of hydrogen-bond donors (Lipinski definition) is 2. The first-order valence-corrected chi connectivity index (χ1v) is 11.6. The van der Waals surface area contributed by atoms with Gasteiger partial charge in [0.15, 0.2) is 5.96 Å². The van der Waals surface area contributed by atoms with E-state index in [-0.39, 0.29) is 24.0 Å². The maximum Gasteiger partial charge on any atom is 0.191 e. The van der Waals surface area contributed by atoms with Crippen LogP contribution in [0.3, 0.4) is 0 Å². The van der Waals surface area contributed by atoms with Crippen molar-refractivity contribution in [3.05, 3.63) is 23.9 Å². The van der Waals surface area contributed by atoms with Gasteiger partial charge in [0.2, 0.25) is 0 Å². The molecule has 1 saturated heterocycles. The molecule has 0 amide bonds. The van der Waals surface area contributed by atoms with Gasteiger partial charge >= 0.3 is 0 Å². The van der Waals surface area contributed by atoms with E-state index in [1.165, 1.54) is 44.1 Å². The van der Waals surface area contributed by atoms with Crippen molar-refractivity contribution >= 4 is 35.8 Å². The smallest absolute Gasteiger partial charge is 0.191 e. The molecule has 0 radical (unpaired) electrons. The van der Waals surface area contributed by atoms with Crippen LogP contribution in [0.4, 0.5) is 5.82 Å². The Morgan fingerprint density at radius 3 is 2.50 bits per heavy atom. The van der Waals surface area contributed by atoms with Crippen LogP contribution in [0.2, 0.25) is 0 Å². The Morgan fingerprint density at radius 1 is 1.13 bits per heavy atom. The minimum atomic E-state index is 0. The summed E-state index contributed by atoms with van der Waals surface area (Å²) in [5.41, 5.74) is 1.21. The number of rotatable bonds is 7. The van der Waals surface area contributed by atoms with Gasteiger partial charge in [0.1, 0.15) is 5.82 Å². The Labute approximate surface area is 199 Å². The molecule has 7 heteroatoms. The van der Waals surface area contributed by atoms with E-state index in [4.69, 9.17) is 9.73 Å². The summed E-state index contributed by atoms with van der Waals surface area (Å²) in [6, 6.07) is 4.72. The molecule has 2 N–H and O–H groups in total. The van der Waals surface area contributed by atoms with Crippen LogP contribution >= 0.6 is 24.0 Å². The van der Waals surface area contributed by atoms with Gasteiger partial charge in [-0.2, -0.15) is 0 Å². The predicted octanol–water partition coefficient (Wildman–Crippen LogP) is 4.27. The first-order valence-electron chi connectivity index (χ1n) is 11.6. The molecular weight excluding hydrogens is 489 g/mol. The van der Waals surface area contributed by atoms with Crippen molar-refractivity contribution in [3.63, 3.8) is 0 Å². The largest absolute Gasteiger partial charge is 0.376 e. The van der Waals surface area contributed by atoms with Crippen molar-refractivity contribution < 1.29 is 4.74 Å². The van der Waals surface area contributed by atoms with Crippen LogP contribution in [0.25, 0.3) is 0 Å². The second-order valence-corrected chi connectivity index (χ2v) is 8.34. The topological polar surface area (TPSA) is 61.8 Å². The van der Waals surface area contributed by atoms with Crippen molar-refractivity contribution in [1.29, 1.82) is 0 Å². The van der Waals surface area contributed by atoms with Crippen LogP contribution in [-0.4, -0.2) is 55.9 Å². The highest BCUT2D eigenvalue weighted by molar-refractivity contribution is 14.0. The van der Waals surface area contributed by atoms with Crippen LogP contribution in [0, 0.1) is 6.92 Å². The lowest BCUT2D eigenvalue weighted by atomic mass is 10.1. The monoisotopic (exact) mass is 529 g/mol. The molecule has 0 aromatic carbocycles. The van der Waals surface area contributed by atoms with Crippen molar-refractivity contribution in [2.45, 2.75) is 77.4 Å². The van der Waals surface area contributed by atoms with E-state index in [0.717, 1.165) is 57.4 Å². The van der Waals surface area contributed by atoms with Crippen LogP contribution < -0.4 is 15.5 Å². The van der Waals surface area contributed by atoms with Crippen LogP contribution in [0.15, 0.2) is 23.3 Å². The number of guanidine groups is 1. The zero-order chi connectivity index (χ0) is 20.3. The summed E-state index contributed by atoms with van der Waals surface area (Å²) in [6.45, 7) is 8.56. The average molecular weight is 530 g/mol. The number of aryl methyl sites for hydroxylation is 1. The molecule has 2 heterocycles. The molecule has 1 aromatic rings. The van der Waals surface area contributed by atoms with E-state index in [2.05, 4.69) is 46.5 Å². The highest BCUT2D eigenvalue weighted by atomic mass is 127. The Hall–Kier alpha value is -1.09. The van der Waals surface area contributed by atoms with E-state index >= 15 is 0 Å². The Balaban J connectivity index is 0.00000320. The fourth-order valence-corrected chi connectivity index (χ4v) is 4.20. The van der Waals surface area contributed by atoms with Crippen molar-refractivity contribution in [3.8, 4) is 0 Å². The number of pyridine rings is 1. The third kappa shape index (κ3) is 8.57. The van der Waals surface area contributed by atoms with Gasteiger partial charge < -0.3 is 20.3 Å². The lowest BCUT2D eigenvalue weighted by molar-refractivity contribution is 0.0487. The average Bonchev–Trinajstić information content (AvgIpc) is 3.01. The molecule has 1 aliphatic heterocycles. The molecule has 3 rings (SSSR count). The van der Waals surface area contributed by atoms with E-state index in [1.54, 1.807) is 0 Å². The highest BCUT2D eigenvalue weighted by Crippen LogP contribution is 2.20. The third-order valence-electron chi connectivity index (χ3n) is 5.92. The molecule has 30 heavy (non-hydrogen) atoms. The summed E-state index contributed by atoms with van der Waals surface area (Å²) in [4.78, 5) is 11.7. The molecule has 2 fully saturated rings. The summed E-state index contributed by atoms with van der Waals surface area (Å²) in [7, 11) is 0. The number of halogens is 1. The maximum atomic E-state index is 6.08. The second kappa shape index (κ2) is 14.1. The molecule has 0 bridgehead atoms. The van der Waals surface area contributed by atoms with Crippen molar-refractivity contribution in [1.82, 2.24) is 15.6 Å². The summed E-state index contributed by atoms with van der Waals surface area (Å²) >= 11 is 0. The molecule has 1 aliphatic carbocycles. The first kappa shape index (κ1) is 25.2. The number of nitrogens with one attached hydrogen (secondary N) is 2. The summed E-state index contributed by atoms with van der Waals surface area (Å²) in [5, 5.41) is 7.01. The molecule has 2 aliphatic rings. The van der Waals surface area contributed by atoms with E-state index in [9.17, 15) is 0 Å². The summed E-state index contributed by atoms with van der Waals surface area (Å²) in [5.74, 6) is 2.01. The number of piperidine rings is 1. The normalized spacial score (nSPS) is 19.1. The van der Waals surface area contributed by atoms with Gasteiger partial charge in [-0.25, -0.2) is 4.98 Å².